The van der Waals surface area contributed by atoms with E-state index in [2.05, 4.69) is 6.58 Å². The molecule has 0 aromatic heterocycles. The first-order valence-electron chi connectivity index (χ1n) is 5.19. The van der Waals surface area contributed by atoms with Crippen molar-refractivity contribution in [2.24, 2.45) is 0 Å². The molecule has 3 heteroatoms. The minimum absolute atomic E-state index is 0.300. The Labute approximate surface area is 94.9 Å². The molecule has 1 aliphatic rings. The van der Waals surface area contributed by atoms with Crippen molar-refractivity contribution in [2.75, 3.05) is 13.4 Å². The van der Waals surface area contributed by atoms with Gasteiger partial charge in [-0.1, -0.05) is 18.7 Å². The predicted octanol–water partition coefficient (Wildman–Crippen LogP) is 2.98. The van der Waals surface area contributed by atoms with Gasteiger partial charge in [0.2, 0.25) is 6.79 Å². The Bertz CT molecular complexity index is 421. The lowest BCUT2D eigenvalue weighted by atomic mass is 10.2. The maximum atomic E-state index is 5.28. The Hall–Kier alpha value is -1.90. The second kappa shape index (κ2) is 4.75. The molecule has 0 aliphatic carbocycles. The molecule has 0 atom stereocenters. The number of ether oxygens (including phenoxy) is 3. The predicted molar refractivity (Wildman–Crippen MR) is 62.4 cm³/mol. The third kappa shape index (κ3) is 2.37. The molecule has 0 spiro atoms. The van der Waals surface area contributed by atoms with Gasteiger partial charge in [0.1, 0.15) is 5.76 Å². The molecule has 2 rings (SSSR count). The van der Waals surface area contributed by atoms with Crippen LogP contribution in [0.3, 0.4) is 0 Å². The van der Waals surface area contributed by atoms with E-state index in [1.54, 1.807) is 0 Å². The zero-order chi connectivity index (χ0) is 11.4. The fraction of sp³-hybridized carbons (Fsp3) is 0.231. The maximum Gasteiger partial charge on any atom is 0.231 e. The highest BCUT2D eigenvalue weighted by atomic mass is 16.7. The molecule has 0 saturated heterocycles. The molecule has 84 valence electrons. The van der Waals surface area contributed by atoms with Crippen LogP contribution in [-0.4, -0.2) is 13.4 Å². The summed E-state index contributed by atoms with van der Waals surface area (Å²) in [4.78, 5) is 0. The summed E-state index contributed by atoms with van der Waals surface area (Å²) in [6.45, 7) is 6.63. The SMILES string of the molecule is C=C(/C=C/c1ccc2c(c1)OCO2)OCC. The van der Waals surface area contributed by atoms with Gasteiger partial charge in [0, 0.05) is 0 Å². The highest BCUT2D eigenvalue weighted by molar-refractivity contribution is 5.57. The molecule has 1 heterocycles. The third-order valence-corrected chi connectivity index (χ3v) is 2.19. The van der Waals surface area contributed by atoms with Crippen LogP contribution in [0.4, 0.5) is 0 Å². The first kappa shape index (κ1) is 10.6. The van der Waals surface area contributed by atoms with E-state index in [1.165, 1.54) is 0 Å². The highest BCUT2D eigenvalue weighted by Crippen LogP contribution is 2.32. The minimum Gasteiger partial charge on any atom is -0.495 e. The van der Waals surface area contributed by atoms with Crippen LogP contribution in [0.15, 0.2) is 36.6 Å². The topological polar surface area (TPSA) is 27.7 Å². The second-order valence-electron chi connectivity index (χ2n) is 3.35. The van der Waals surface area contributed by atoms with E-state index < -0.39 is 0 Å². The number of benzene rings is 1. The fourth-order valence-corrected chi connectivity index (χ4v) is 1.44. The molecule has 3 nitrogen and oxygen atoms in total. The Morgan fingerprint density at radius 2 is 2.25 bits per heavy atom. The highest BCUT2D eigenvalue weighted by Gasteiger charge is 2.11. The Morgan fingerprint density at radius 1 is 1.44 bits per heavy atom. The van der Waals surface area contributed by atoms with Gasteiger partial charge in [0.15, 0.2) is 11.5 Å². The van der Waals surface area contributed by atoms with Crippen LogP contribution in [0, 0.1) is 0 Å². The van der Waals surface area contributed by atoms with Gasteiger partial charge in [-0.25, -0.2) is 0 Å². The van der Waals surface area contributed by atoms with Crippen molar-refractivity contribution in [2.45, 2.75) is 6.92 Å². The molecule has 0 radical (unpaired) electrons. The monoisotopic (exact) mass is 218 g/mol. The molecule has 0 amide bonds. The first-order valence-corrected chi connectivity index (χ1v) is 5.19. The Balaban J connectivity index is 2.08. The molecule has 16 heavy (non-hydrogen) atoms. The van der Waals surface area contributed by atoms with Crippen LogP contribution in [0.2, 0.25) is 0 Å². The van der Waals surface area contributed by atoms with Crippen molar-refractivity contribution >= 4 is 6.08 Å². The molecule has 0 fully saturated rings. The van der Waals surface area contributed by atoms with Crippen molar-refractivity contribution in [3.63, 3.8) is 0 Å². The van der Waals surface area contributed by atoms with Crippen LogP contribution in [0.25, 0.3) is 6.08 Å². The normalized spacial score (nSPS) is 13.1. The standard InChI is InChI=1S/C13H14O3/c1-3-14-10(2)4-5-11-6-7-12-13(8-11)16-9-15-12/h4-8H,2-3,9H2,1H3/b5-4+. The molecule has 1 aromatic rings. The average Bonchev–Trinajstić information content (AvgIpc) is 2.74. The fourth-order valence-electron chi connectivity index (χ4n) is 1.44. The van der Waals surface area contributed by atoms with E-state index in [9.17, 15) is 0 Å². The summed E-state index contributed by atoms with van der Waals surface area (Å²) in [5, 5.41) is 0. The molecule has 1 aliphatic heterocycles. The Kier molecular flexibility index (Phi) is 3.15. The van der Waals surface area contributed by atoms with Crippen LogP contribution >= 0.6 is 0 Å². The van der Waals surface area contributed by atoms with E-state index in [0.29, 0.717) is 19.2 Å². The first-order chi connectivity index (χ1) is 7.79. The largest absolute Gasteiger partial charge is 0.495 e. The van der Waals surface area contributed by atoms with Gasteiger partial charge in [-0.3, -0.25) is 0 Å². The number of allylic oxidation sites excluding steroid dienone is 1. The number of hydrogen-bond donors (Lipinski definition) is 0. The number of rotatable bonds is 4. The van der Waals surface area contributed by atoms with Crippen LogP contribution < -0.4 is 9.47 Å². The van der Waals surface area contributed by atoms with E-state index in [4.69, 9.17) is 14.2 Å². The smallest absolute Gasteiger partial charge is 0.231 e. The van der Waals surface area contributed by atoms with Crippen molar-refractivity contribution in [3.05, 3.63) is 42.2 Å². The summed E-state index contributed by atoms with van der Waals surface area (Å²) >= 11 is 0. The van der Waals surface area contributed by atoms with Gasteiger partial charge in [-0.15, -0.1) is 0 Å². The van der Waals surface area contributed by atoms with Crippen molar-refractivity contribution in [3.8, 4) is 11.5 Å². The van der Waals surface area contributed by atoms with Gasteiger partial charge in [-0.05, 0) is 30.7 Å². The zero-order valence-corrected chi connectivity index (χ0v) is 9.23. The van der Waals surface area contributed by atoms with Crippen LogP contribution in [0.1, 0.15) is 12.5 Å². The number of fused-ring (bicyclic) bond motifs is 1. The van der Waals surface area contributed by atoms with E-state index >= 15 is 0 Å². The molecule has 0 unspecified atom stereocenters. The lowest BCUT2D eigenvalue weighted by Crippen LogP contribution is -1.92. The summed E-state index contributed by atoms with van der Waals surface area (Å²) in [5.41, 5.74) is 1.03. The zero-order valence-electron chi connectivity index (χ0n) is 9.23. The number of hydrogen-bond acceptors (Lipinski definition) is 3. The lowest BCUT2D eigenvalue weighted by Gasteiger charge is -2.01. The van der Waals surface area contributed by atoms with Crippen molar-refractivity contribution < 1.29 is 14.2 Å². The quantitative estimate of drug-likeness (QED) is 0.574. The molecule has 0 bridgehead atoms. The second-order valence-corrected chi connectivity index (χ2v) is 3.35. The lowest BCUT2D eigenvalue weighted by molar-refractivity contribution is 0.174. The van der Waals surface area contributed by atoms with E-state index in [1.807, 2.05) is 37.3 Å². The van der Waals surface area contributed by atoms with Crippen molar-refractivity contribution in [1.29, 1.82) is 0 Å². The average molecular weight is 218 g/mol. The molecular weight excluding hydrogens is 204 g/mol. The summed E-state index contributed by atoms with van der Waals surface area (Å²) in [6.07, 6.45) is 3.76. The van der Waals surface area contributed by atoms with E-state index in [0.717, 1.165) is 17.1 Å². The van der Waals surface area contributed by atoms with E-state index in [-0.39, 0.29) is 0 Å². The molecule has 0 N–H and O–H groups in total. The summed E-state index contributed by atoms with van der Waals surface area (Å²) in [6, 6.07) is 5.78. The van der Waals surface area contributed by atoms with Gasteiger partial charge in [0.25, 0.3) is 0 Å². The van der Waals surface area contributed by atoms with Gasteiger partial charge in [0.05, 0.1) is 6.61 Å². The molecule has 1 aromatic carbocycles. The van der Waals surface area contributed by atoms with Crippen molar-refractivity contribution in [1.82, 2.24) is 0 Å². The summed E-state index contributed by atoms with van der Waals surface area (Å²) < 4.78 is 15.7. The molecule has 0 saturated carbocycles. The maximum absolute atomic E-state index is 5.28. The van der Waals surface area contributed by atoms with Gasteiger partial charge >= 0.3 is 0 Å². The van der Waals surface area contributed by atoms with Gasteiger partial charge in [-0.2, -0.15) is 0 Å². The van der Waals surface area contributed by atoms with Crippen LogP contribution in [0.5, 0.6) is 11.5 Å². The van der Waals surface area contributed by atoms with Gasteiger partial charge < -0.3 is 14.2 Å². The third-order valence-electron chi connectivity index (χ3n) is 2.19. The Morgan fingerprint density at radius 3 is 3.06 bits per heavy atom. The minimum atomic E-state index is 0.300. The summed E-state index contributed by atoms with van der Waals surface area (Å²) in [5.74, 6) is 2.23. The summed E-state index contributed by atoms with van der Waals surface area (Å²) in [7, 11) is 0. The molecular formula is C13H14O3. The van der Waals surface area contributed by atoms with Crippen LogP contribution in [-0.2, 0) is 4.74 Å².